The Balaban J connectivity index is 1.77. The van der Waals surface area contributed by atoms with Crippen molar-refractivity contribution in [3.8, 4) is 0 Å². The first-order valence-corrected chi connectivity index (χ1v) is 6.86. The first-order chi connectivity index (χ1) is 9.26. The Bertz CT molecular complexity index is 558. The molecule has 0 saturated carbocycles. The number of nitrogens with one attached hydrogen (secondary N) is 1. The number of hydrogen-bond donors (Lipinski definition) is 1. The molecule has 2 aromatic rings. The van der Waals surface area contributed by atoms with Gasteiger partial charge in [-0.1, -0.05) is 13.3 Å². The molecule has 5 heteroatoms. The lowest BCUT2D eigenvalue weighted by molar-refractivity contribution is 0.688. The van der Waals surface area contributed by atoms with Crippen LogP contribution < -0.4 is 4.90 Å². The number of H-pyrrole nitrogens is 1. The molecule has 0 fully saturated rings. The van der Waals surface area contributed by atoms with Crippen LogP contribution in [0.3, 0.4) is 0 Å². The molecule has 0 aliphatic carbocycles. The van der Waals surface area contributed by atoms with Crippen LogP contribution in [-0.2, 0) is 19.4 Å². The summed E-state index contributed by atoms with van der Waals surface area (Å²) < 4.78 is 0. The van der Waals surface area contributed by atoms with Crippen LogP contribution in [0.5, 0.6) is 0 Å². The van der Waals surface area contributed by atoms with Crippen LogP contribution in [0.15, 0.2) is 12.4 Å². The summed E-state index contributed by atoms with van der Waals surface area (Å²) >= 11 is 0. The Kier molecular flexibility index (Phi) is 3.19. The summed E-state index contributed by atoms with van der Waals surface area (Å²) in [6, 6.07) is 0. The maximum absolute atomic E-state index is 4.49. The standard InChI is InChI=1S/C14H19N5/c1-3-4-11-7-15-14(16-8-11)19-6-5-12-13(9-19)18-10(2)17-12/h7-8H,3-6,9H2,1-2H3,(H,17,18). The van der Waals surface area contributed by atoms with E-state index in [0.29, 0.717) is 0 Å². The van der Waals surface area contributed by atoms with Crippen LogP contribution in [0, 0.1) is 6.92 Å². The smallest absolute Gasteiger partial charge is 0.225 e. The first-order valence-electron chi connectivity index (χ1n) is 6.86. The quantitative estimate of drug-likeness (QED) is 0.914. The average molecular weight is 257 g/mol. The molecule has 19 heavy (non-hydrogen) atoms. The second kappa shape index (κ2) is 4.99. The highest BCUT2D eigenvalue weighted by Crippen LogP contribution is 2.20. The van der Waals surface area contributed by atoms with Gasteiger partial charge in [0.2, 0.25) is 5.95 Å². The van der Waals surface area contributed by atoms with Crippen molar-refractivity contribution in [2.75, 3.05) is 11.4 Å². The molecule has 5 nitrogen and oxygen atoms in total. The van der Waals surface area contributed by atoms with E-state index in [1.807, 2.05) is 19.3 Å². The molecule has 0 unspecified atom stereocenters. The monoisotopic (exact) mass is 257 g/mol. The number of nitrogens with zero attached hydrogens (tertiary/aromatic N) is 4. The van der Waals surface area contributed by atoms with Crippen molar-refractivity contribution in [1.82, 2.24) is 19.9 Å². The lowest BCUT2D eigenvalue weighted by Gasteiger charge is -2.26. The Morgan fingerprint density at radius 3 is 2.84 bits per heavy atom. The molecule has 0 radical (unpaired) electrons. The van der Waals surface area contributed by atoms with Gasteiger partial charge in [-0.25, -0.2) is 15.0 Å². The van der Waals surface area contributed by atoms with E-state index in [9.17, 15) is 0 Å². The minimum Gasteiger partial charge on any atom is -0.344 e. The molecular formula is C14H19N5. The molecule has 0 atom stereocenters. The van der Waals surface area contributed by atoms with Crippen molar-refractivity contribution in [1.29, 1.82) is 0 Å². The zero-order valence-electron chi connectivity index (χ0n) is 11.5. The highest BCUT2D eigenvalue weighted by Gasteiger charge is 2.20. The third-order valence-electron chi connectivity index (χ3n) is 3.46. The summed E-state index contributed by atoms with van der Waals surface area (Å²) in [5.74, 6) is 1.81. The SMILES string of the molecule is CCCc1cnc(N2CCc3nc(C)[nH]c3C2)nc1. The van der Waals surface area contributed by atoms with E-state index in [0.717, 1.165) is 44.1 Å². The van der Waals surface area contributed by atoms with Crippen LogP contribution in [0.2, 0.25) is 0 Å². The molecule has 1 aliphatic rings. The van der Waals surface area contributed by atoms with Gasteiger partial charge in [0.05, 0.1) is 17.9 Å². The molecule has 0 spiro atoms. The normalized spacial score (nSPS) is 14.5. The summed E-state index contributed by atoms with van der Waals surface area (Å²) in [5, 5.41) is 0. The average Bonchev–Trinajstić information content (AvgIpc) is 2.79. The minimum atomic E-state index is 0.817. The fourth-order valence-electron chi connectivity index (χ4n) is 2.54. The van der Waals surface area contributed by atoms with Crippen LogP contribution in [0.25, 0.3) is 0 Å². The van der Waals surface area contributed by atoms with Crippen molar-refractivity contribution in [2.24, 2.45) is 0 Å². The largest absolute Gasteiger partial charge is 0.344 e. The Labute approximate surface area is 113 Å². The number of imidazole rings is 1. The van der Waals surface area contributed by atoms with Gasteiger partial charge in [-0.05, 0) is 18.9 Å². The summed E-state index contributed by atoms with van der Waals surface area (Å²) in [6.45, 7) is 5.92. The fraction of sp³-hybridized carbons (Fsp3) is 0.500. The summed E-state index contributed by atoms with van der Waals surface area (Å²) in [7, 11) is 0. The maximum atomic E-state index is 4.49. The highest BCUT2D eigenvalue weighted by atomic mass is 15.3. The second-order valence-electron chi connectivity index (χ2n) is 5.06. The lowest BCUT2D eigenvalue weighted by Crippen LogP contribution is -2.31. The van der Waals surface area contributed by atoms with Gasteiger partial charge in [0, 0.05) is 25.4 Å². The number of aryl methyl sites for hydroxylation is 2. The van der Waals surface area contributed by atoms with Gasteiger partial charge in [0.25, 0.3) is 0 Å². The Morgan fingerprint density at radius 2 is 2.11 bits per heavy atom. The van der Waals surface area contributed by atoms with E-state index in [-0.39, 0.29) is 0 Å². The molecule has 0 aromatic carbocycles. The fourth-order valence-corrected chi connectivity index (χ4v) is 2.54. The van der Waals surface area contributed by atoms with E-state index >= 15 is 0 Å². The highest BCUT2D eigenvalue weighted by molar-refractivity contribution is 5.35. The molecule has 1 aliphatic heterocycles. The molecule has 3 rings (SSSR count). The third-order valence-corrected chi connectivity index (χ3v) is 3.46. The predicted molar refractivity (Wildman–Crippen MR) is 74.1 cm³/mol. The molecule has 2 aromatic heterocycles. The van der Waals surface area contributed by atoms with Gasteiger partial charge in [0.1, 0.15) is 5.82 Å². The van der Waals surface area contributed by atoms with Crippen molar-refractivity contribution in [2.45, 2.75) is 39.7 Å². The van der Waals surface area contributed by atoms with Crippen LogP contribution in [0.1, 0.15) is 36.1 Å². The molecular weight excluding hydrogens is 238 g/mol. The van der Waals surface area contributed by atoms with E-state index in [2.05, 4.69) is 31.8 Å². The van der Waals surface area contributed by atoms with E-state index in [4.69, 9.17) is 0 Å². The van der Waals surface area contributed by atoms with Gasteiger partial charge < -0.3 is 9.88 Å². The van der Waals surface area contributed by atoms with Crippen molar-refractivity contribution in [3.63, 3.8) is 0 Å². The third kappa shape index (κ3) is 2.45. The molecule has 0 amide bonds. The Hall–Kier alpha value is -1.91. The van der Waals surface area contributed by atoms with E-state index in [1.165, 1.54) is 17.0 Å². The second-order valence-corrected chi connectivity index (χ2v) is 5.06. The van der Waals surface area contributed by atoms with Crippen LogP contribution in [-0.4, -0.2) is 26.5 Å². The maximum Gasteiger partial charge on any atom is 0.225 e. The van der Waals surface area contributed by atoms with Gasteiger partial charge in [0.15, 0.2) is 0 Å². The number of hydrogen-bond acceptors (Lipinski definition) is 4. The van der Waals surface area contributed by atoms with Gasteiger partial charge in [-0.15, -0.1) is 0 Å². The number of aromatic nitrogens is 4. The molecule has 1 N–H and O–H groups in total. The lowest BCUT2D eigenvalue weighted by atomic mass is 10.1. The molecule has 0 saturated heterocycles. The van der Waals surface area contributed by atoms with Gasteiger partial charge >= 0.3 is 0 Å². The molecule has 0 bridgehead atoms. The zero-order chi connectivity index (χ0) is 13.2. The van der Waals surface area contributed by atoms with Gasteiger partial charge in [-0.2, -0.15) is 0 Å². The van der Waals surface area contributed by atoms with Crippen molar-refractivity contribution in [3.05, 3.63) is 35.2 Å². The number of fused-ring (bicyclic) bond motifs is 1. The number of anilines is 1. The zero-order valence-corrected chi connectivity index (χ0v) is 11.5. The predicted octanol–water partition coefficient (Wildman–Crippen LogP) is 2.02. The van der Waals surface area contributed by atoms with Gasteiger partial charge in [-0.3, -0.25) is 0 Å². The first kappa shape index (κ1) is 12.1. The van der Waals surface area contributed by atoms with Crippen LogP contribution >= 0.6 is 0 Å². The van der Waals surface area contributed by atoms with Crippen LogP contribution in [0.4, 0.5) is 5.95 Å². The minimum absolute atomic E-state index is 0.817. The molecule has 3 heterocycles. The van der Waals surface area contributed by atoms with Crippen molar-refractivity contribution >= 4 is 5.95 Å². The summed E-state index contributed by atoms with van der Waals surface area (Å²) in [4.78, 5) is 19.0. The van der Waals surface area contributed by atoms with E-state index in [1.54, 1.807) is 0 Å². The summed E-state index contributed by atoms with van der Waals surface area (Å²) in [5.41, 5.74) is 3.60. The topological polar surface area (TPSA) is 57.7 Å². The number of aromatic amines is 1. The Morgan fingerprint density at radius 1 is 1.32 bits per heavy atom. The number of rotatable bonds is 3. The van der Waals surface area contributed by atoms with E-state index < -0.39 is 0 Å². The van der Waals surface area contributed by atoms with Crippen molar-refractivity contribution < 1.29 is 0 Å². The molecule has 100 valence electrons. The summed E-state index contributed by atoms with van der Waals surface area (Å²) in [6.07, 6.45) is 7.02.